The molecule has 0 bridgehead atoms. The Bertz CT molecular complexity index is 661. The largest absolute Gasteiger partial charge is 0.325 e. The molecule has 0 radical (unpaired) electrons. The predicted molar refractivity (Wildman–Crippen MR) is 59.0 cm³/mol. The van der Waals surface area contributed by atoms with E-state index in [1.54, 1.807) is 0 Å². The van der Waals surface area contributed by atoms with Crippen molar-refractivity contribution in [3.05, 3.63) is 57.5 Å². The SMILES string of the molecule is NCc1cc(=O)n(C(=O)c2ccc(F)cc2F)[nH]1. The van der Waals surface area contributed by atoms with Gasteiger partial charge in [-0.05, 0) is 12.1 Å². The normalized spacial score (nSPS) is 10.6. The van der Waals surface area contributed by atoms with Gasteiger partial charge in [0, 0.05) is 18.7 Å². The molecule has 0 fully saturated rings. The summed E-state index contributed by atoms with van der Waals surface area (Å²) in [5, 5.41) is 2.44. The first-order chi connectivity index (χ1) is 8.52. The van der Waals surface area contributed by atoms with Gasteiger partial charge in [-0.1, -0.05) is 0 Å². The maximum atomic E-state index is 13.4. The van der Waals surface area contributed by atoms with E-state index in [-0.39, 0.29) is 6.54 Å². The van der Waals surface area contributed by atoms with Crippen molar-refractivity contribution < 1.29 is 13.6 Å². The Kier molecular flexibility index (Phi) is 3.07. The van der Waals surface area contributed by atoms with Crippen LogP contribution in [0.25, 0.3) is 0 Å². The van der Waals surface area contributed by atoms with Gasteiger partial charge in [0.15, 0.2) is 0 Å². The zero-order chi connectivity index (χ0) is 13.3. The first-order valence-electron chi connectivity index (χ1n) is 5.03. The number of H-pyrrole nitrogens is 1. The van der Waals surface area contributed by atoms with E-state index in [0.717, 1.165) is 18.2 Å². The second-order valence-corrected chi connectivity index (χ2v) is 3.59. The van der Waals surface area contributed by atoms with E-state index in [1.165, 1.54) is 0 Å². The lowest BCUT2D eigenvalue weighted by Gasteiger charge is -2.02. The highest BCUT2D eigenvalue weighted by molar-refractivity contribution is 5.95. The van der Waals surface area contributed by atoms with E-state index < -0.39 is 28.7 Å². The van der Waals surface area contributed by atoms with Crippen LogP contribution in [0.4, 0.5) is 8.78 Å². The molecular formula is C11H9F2N3O2. The topological polar surface area (TPSA) is 80.9 Å². The average Bonchev–Trinajstić information content (AvgIpc) is 2.70. The van der Waals surface area contributed by atoms with Gasteiger partial charge in [0.1, 0.15) is 11.6 Å². The highest BCUT2D eigenvalue weighted by atomic mass is 19.1. The fourth-order valence-electron chi connectivity index (χ4n) is 1.48. The summed E-state index contributed by atoms with van der Waals surface area (Å²) in [6.07, 6.45) is 0. The minimum atomic E-state index is -1.03. The number of aromatic amines is 1. The molecule has 3 N–H and O–H groups in total. The molecule has 0 aliphatic rings. The number of hydrogen-bond donors (Lipinski definition) is 2. The number of carbonyl (C=O) groups excluding carboxylic acids is 1. The second kappa shape index (κ2) is 4.53. The minimum absolute atomic E-state index is 0.0431. The van der Waals surface area contributed by atoms with Gasteiger partial charge in [-0.25, -0.2) is 8.78 Å². The number of nitrogens with one attached hydrogen (secondary N) is 1. The molecule has 2 rings (SSSR count). The summed E-state index contributed by atoms with van der Waals surface area (Å²) in [5.74, 6) is -2.74. The van der Waals surface area contributed by atoms with Crippen molar-refractivity contribution in [3.8, 4) is 0 Å². The van der Waals surface area contributed by atoms with Crippen molar-refractivity contribution in [2.24, 2.45) is 5.73 Å². The van der Waals surface area contributed by atoms with Gasteiger partial charge in [0.2, 0.25) is 0 Å². The molecule has 0 aliphatic heterocycles. The molecule has 94 valence electrons. The molecule has 0 saturated carbocycles. The number of carbonyl (C=O) groups is 1. The molecule has 1 heterocycles. The summed E-state index contributed by atoms with van der Waals surface area (Å²) in [6.45, 7) is 0.0431. The van der Waals surface area contributed by atoms with Gasteiger partial charge in [0.25, 0.3) is 11.5 Å². The van der Waals surface area contributed by atoms with E-state index in [4.69, 9.17) is 5.73 Å². The summed E-state index contributed by atoms with van der Waals surface area (Å²) in [4.78, 5) is 23.3. The van der Waals surface area contributed by atoms with Crippen LogP contribution in [0.3, 0.4) is 0 Å². The second-order valence-electron chi connectivity index (χ2n) is 3.59. The van der Waals surface area contributed by atoms with Gasteiger partial charge < -0.3 is 5.73 Å². The number of nitrogens with zero attached hydrogens (tertiary/aromatic N) is 1. The van der Waals surface area contributed by atoms with Crippen molar-refractivity contribution in [2.75, 3.05) is 0 Å². The van der Waals surface area contributed by atoms with Gasteiger partial charge in [0.05, 0.1) is 11.3 Å². The van der Waals surface area contributed by atoms with Crippen molar-refractivity contribution >= 4 is 5.91 Å². The predicted octanol–water partition coefficient (Wildman–Crippen LogP) is 0.602. The third-order valence-electron chi connectivity index (χ3n) is 2.36. The molecule has 18 heavy (non-hydrogen) atoms. The number of rotatable bonds is 2. The number of aromatic nitrogens is 2. The average molecular weight is 253 g/mol. The number of halogens is 2. The Hall–Kier alpha value is -2.28. The van der Waals surface area contributed by atoms with Crippen molar-refractivity contribution in [2.45, 2.75) is 6.54 Å². The maximum Gasteiger partial charge on any atom is 0.282 e. The zero-order valence-electron chi connectivity index (χ0n) is 9.11. The first-order valence-corrected chi connectivity index (χ1v) is 5.03. The third-order valence-corrected chi connectivity index (χ3v) is 2.36. The van der Waals surface area contributed by atoms with Gasteiger partial charge in [-0.15, -0.1) is 0 Å². The molecular weight excluding hydrogens is 244 g/mol. The monoisotopic (exact) mass is 253 g/mol. The van der Waals surface area contributed by atoms with E-state index in [2.05, 4.69) is 5.10 Å². The van der Waals surface area contributed by atoms with Crippen LogP contribution in [0.5, 0.6) is 0 Å². The number of nitrogens with two attached hydrogens (primary N) is 1. The van der Waals surface area contributed by atoms with Crippen LogP contribution in [-0.2, 0) is 6.54 Å². The zero-order valence-corrected chi connectivity index (χ0v) is 9.11. The lowest BCUT2D eigenvalue weighted by molar-refractivity contribution is 0.0936. The summed E-state index contributed by atoms with van der Waals surface area (Å²) in [5.41, 5.74) is 4.60. The number of benzene rings is 1. The Morgan fingerprint density at radius 3 is 2.61 bits per heavy atom. The molecule has 5 nitrogen and oxygen atoms in total. The van der Waals surface area contributed by atoms with Crippen LogP contribution < -0.4 is 11.3 Å². The maximum absolute atomic E-state index is 13.4. The fraction of sp³-hybridized carbons (Fsp3) is 0.0909. The summed E-state index contributed by atoms with van der Waals surface area (Å²) >= 11 is 0. The van der Waals surface area contributed by atoms with Crippen molar-refractivity contribution in [1.29, 1.82) is 0 Å². The molecule has 0 unspecified atom stereocenters. The van der Waals surface area contributed by atoms with Crippen molar-refractivity contribution in [3.63, 3.8) is 0 Å². The van der Waals surface area contributed by atoms with E-state index in [1.807, 2.05) is 0 Å². The molecule has 0 spiro atoms. The van der Waals surface area contributed by atoms with Crippen LogP contribution in [0.2, 0.25) is 0 Å². The highest BCUT2D eigenvalue weighted by Crippen LogP contribution is 2.10. The van der Waals surface area contributed by atoms with Crippen LogP contribution in [0.1, 0.15) is 16.1 Å². The Morgan fingerprint density at radius 1 is 1.33 bits per heavy atom. The van der Waals surface area contributed by atoms with Gasteiger partial charge in [-0.2, -0.15) is 4.68 Å². The molecule has 0 amide bonds. The number of hydrogen-bond acceptors (Lipinski definition) is 3. The smallest absolute Gasteiger partial charge is 0.282 e. The summed E-state index contributed by atoms with van der Waals surface area (Å²) < 4.78 is 26.7. The highest BCUT2D eigenvalue weighted by Gasteiger charge is 2.17. The standard InChI is InChI=1S/C11H9F2N3O2/c12-6-1-2-8(9(13)3-6)11(18)16-10(17)4-7(5-14)15-16/h1-4,15H,5,14H2. The fourth-order valence-corrected chi connectivity index (χ4v) is 1.48. The van der Waals surface area contributed by atoms with Crippen LogP contribution >= 0.6 is 0 Å². The molecule has 0 aliphatic carbocycles. The van der Waals surface area contributed by atoms with Gasteiger partial charge in [-0.3, -0.25) is 14.7 Å². The molecule has 1 aromatic carbocycles. The Labute approximate surface area is 99.8 Å². The molecule has 1 aromatic heterocycles. The third kappa shape index (κ3) is 2.07. The van der Waals surface area contributed by atoms with Crippen LogP contribution in [0, 0.1) is 11.6 Å². The Morgan fingerprint density at radius 2 is 2.06 bits per heavy atom. The van der Waals surface area contributed by atoms with Crippen LogP contribution in [0.15, 0.2) is 29.1 Å². The van der Waals surface area contributed by atoms with E-state index in [0.29, 0.717) is 16.4 Å². The molecule has 0 atom stereocenters. The summed E-state index contributed by atoms with van der Waals surface area (Å²) in [7, 11) is 0. The first kappa shape index (κ1) is 12.2. The Balaban J connectivity index is 2.47. The lowest BCUT2D eigenvalue weighted by atomic mass is 10.2. The van der Waals surface area contributed by atoms with E-state index >= 15 is 0 Å². The summed E-state index contributed by atoms with van der Waals surface area (Å²) in [6, 6.07) is 3.63. The quantitative estimate of drug-likeness (QED) is 0.822. The van der Waals surface area contributed by atoms with E-state index in [9.17, 15) is 18.4 Å². The van der Waals surface area contributed by atoms with Gasteiger partial charge >= 0.3 is 0 Å². The lowest BCUT2D eigenvalue weighted by Crippen LogP contribution is -2.25. The van der Waals surface area contributed by atoms with Crippen LogP contribution in [-0.4, -0.2) is 15.7 Å². The van der Waals surface area contributed by atoms with Crippen molar-refractivity contribution in [1.82, 2.24) is 9.78 Å². The molecule has 7 heteroatoms. The minimum Gasteiger partial charge on any atom is -0.325 e. The molecule has 2 aromatic rings. The molecule has 0 saturated heterocycles.